The maximum atomic E-state index is 14.1. The lowest BCUT2D eigenvalue weighted by molar-refractivity contribution is -0.142. The minimum atomic E-state index is -1.58. The number of aliphatic hydroxyl groups is 1. The first kappa shape index (κ1) is 38.8. The number of fused-ring (bicyclic) bond motifs is 3. The van der Waals surface area contributed by atoms with Gasteiger partial charge in [-0.05, 0) is 49.9 Å². The smallest absolute Gasteiger partial charge is 0.327 e. The number of H-pyrrole nitrogens is 1. The van der Waals surface area contributed by atoms with Crippen LogP contribution in [-0.2, 0) is 30.4 Å². The zero-order valence-electron chi connectivity index (χ0n) is 28.2. The fourth-order valence-electron chi connectivity index (χ4n) is 5.48. The van der Waals surface area contributed by atoms with Gasteiger partial charge in [-0.3, -0.25) is 24.0 Å². The second kappa shape index (κ2) is 16.8. The number of nitrogens with one attached hydrogen (secondary N) is 6. The summed E-state index contributed by atoms with van der Waals surface area (Å²) >= 11 is 0.988. The predicted molar refractivity (Wildman–Crippen MR) is 183 cm³/mol. The summed E-state index contributed by atoms with van der Waals surface area (Å²) in [6.45, 7) is 6.14. The van der Waals surface area contributed by atoms with Gasteiger partial charge in [-0.25, -0.2) is 13.6 Å². The monoisotopic (exact) mass is 730 g/mol. The lowest BCUT2D eigenvalue weighted by atomic mass is 10.00. The van der Waals surface area contributed by atoms with Gasteiger partial charge >= 0.3 is 5.97 Å². The van der Waals surface area contributed by atoms with Crippen molar-refractivity contribution in [3.05, 3.63) is 65.2 Å². The minimum absolute atomic E-state index is 0.102. The lowest BCUT2D eigenvalue weighted by Gasteiger charge is -2.27. The third kappa shape index (κ3) is 10.0. The van der Waals surface area contributed by atoms with Crippen molar-refractivity contribution in [3.8, 4) is 0 Å². The highest BCUT2D eigenvalue weighted by Gasteiger charge is 2.34. The van der Waals surface area contributed by atoms with Crippen LogP contribution >= 0.6 is 11.8 Å². The summed E-state index contributed by atoms with van der Waals surface area (Å²) in [7, 11) is 0. The molecule has 6 atom stereocenters. The Morgan fingerprint density at radius 2 is 1.59 bits per heavy atom. The van der Waals surface area contributed by atoms with Crippen LogP contribution in [0.4, 0.5) is 8.78 Å². The molecule has 3 aromatic rings. The van der Waals surface area contributed by atoms with Crippen molar-refractivity contribution in [1.29, 1.82) is 0 Å². The zero-order chi connectivity index (χ0) is 37.6. The molecule has 14 nitrogen and oxygen atoms in total. The minimum Gasteiger partial charge on any atom is -0.480 e. The van der Waals surface area contributed by atoms with Crippen LogP contribution in [0.25, 0.3) is 10.9 Å². The van der Waals surface area contributed by atoms with E-state index in [-0.39, 0.29) is 24.5 Å². The molecule has 1 aliphatic rings. The third-order valence-electron chi connectivity index (χ3n) is 8.09. The SMILES string of the molecule is CC(C)C[C@@H]1NC(=O)[C@@H](NC(=O)c2cc(F)cc(F)c2)Cc2c([nH]c3ccccc23)SC[C@@H](C(=O)O)NC(=O)[C@H]([C@@H](C)O)NC(=O)[C@@H](C)NC1=O. The molecule has 0 radical (unpaired) electrons. The number of carbonyl (C=O) groups excluding carboxylic acids is 5. The number of carboxylic acids is 1. The summed E-state index contributed by atoms with van der Waals surface area (Å²) in [4.78, 5) is 82.6. The van der Waals surface area contributed by atoms with Gasteiger partial charge in [0, 0.05) is 34.7 Å². The molecular weight excluding hydrogens is 690 g/mol. The Labute approximate surface area is 295 Å². The van der Waals surface area contributed by atoms with Crippen molar-refractivity contribution in [3.63, 3.8) is 0 Å². The number of carboxylic acid groups (broad SMARTS) is 1. The number of thioether (sulfide) groups is 1. The molecule has 0 saturated heterocycles. The summed E-state index contributed by atoms with van der Waals surface area (Å²) in [5, 5.41) is 33.6. The standard InChI is InChI=1S/C34H40F2N6O8S/c1-15(2)9-24-30(46)37-16(3)28(44)42-27(17(4)43)32(48)40-26(34(49)50)14-51-33-22(21-7-5-6-8-23(21)41-33)13-25(31(47)39-24)38-29(45)18-10-19(35)12-20(36)11-18/h5-8,10-12,15-17,24-27,41,43H,9,13-14H2,1-4H3,(H,37,46)(H,38,45)(H,39,47)(H,40,48)(H,42,44)(H,49,50)/t16-,17-,24+,25+,26+,27+/m1/s1. The van der Waals surface area contributed by atoms with E-state index in [0.29, 0.717) is 27.6 Å². The maximum absolute atomic E-state index is 14.1. The molecule has 0 unspecified atom stereocenters. The van der Waals surface area contributed by atoms with E-state index in [0.717, 1.165) is 23.9 Å². The average Bonchev–Trinajstić information content (AvgIpc) is 3.39. The Morgan fingerprint density at radius 3 is 2.22 bits per heavy atom. The van der Waals surface area contributed by atoms with E-state index < -0.39 is 89.0 Å². The highest BCUT2D eigenvalue weighted by Crippen LogP contribution is 2.31. The highest BCUT2D eigenvalue weighted by atomic mass is 32.2. The van der Waals surface area contributed by atoms with Crippen LogP contribution in [0.2, 0.25) is 0 Å². The summed E-state index contributed by atoms with van der Waals surface area (Å²) in [6, 6.07) is 2.09. The van der Waals surface area contributed by atoms with Crippen molar-refractivity contribution in [1.82, 2.24) is 31.6 Å². The molecule has 1 aliphatic heterocycles. The molecule has 4 rings (SSSR count). The first-order chi connectivity index (χ1) is 24.0. The van der Waals surface area contributed by atoms with Crippen molar-refractivity contribution >= 4 is 58.2 Å². The molecule has 17 heteroatoms. The number of aliphatic carboxylic acids is 1. The molecule has 8 N–H and O–H groups in total. The number of para-hydroxylation sites is 1. The second-order valence-corrected chi connectivity index (χ2v) is 13.8. The summed E-state index contributed by atoms with van der Waals surface area (Å²) < 4.78 is 28.1. The van der Waals surface area contributed by atoms with Crippen LogP contribution in [0.15, 0.2) is 47.5 Å². The second-order valence-electron chi connectivity index (χ2n) is 12.7. The molecular formula is C34H40F2N6O8S. The van der Waals surface area contributed by atoms with Gasteiger partial charge in [0.2, 0.25) is 23.6 Å². The highest BCUT2D eigenvalue weighted by molar-refractivity contribution is 7.99. The van der Waals surface area contributed by atoms with Crippen LogP contribution < -0.4 is 26.6 Å². The first-order valence-corrected chi connectivity index (χ1v) is 17.1. The Morgan fingerprint density at radius 1 is 0.922 bits per heavy atom. The fraction of sp³-hybridized carbons (Fsp3) is 0.412. The van der Waals surface area contributed by atoms with Gasteiger partial charge < -0.3 is 41.8 Å². The van der Waals surface area contributed by atoms with E-state index in [1.165, 1.54) is 13.8 Å². The van der Waals surface area contributed by atoms with Gasteiger partial charge in [0.1, 0.15) is 41.8 Å². The maximum Gasteiger partial charge on any atom is 0.327 e. The van der Waals surface area contributed by atoms with E-state index in [1.807, 2.05) is 0 Å². The van der Waals surface area contributed by atoms with E-state index in [4.69, 9.17) is 0 Å². The number of amides is 5. The van der Waals surface area contributed by atoms with Crippen LogP contribution in [0, 0.1) is 17.6 Å². The number of aliphatic hydroxyl groups excluding tert-OH is 1. The lowest BCUT2D eigenvalue weighted by Crippen LogP contribution is -2.60. The Bertz CT molecular complexity index is 1800. The van der Waals surface area contributed by atoms with E-state index in [9.17, 15) is 47.8 Å². The molecule has 2 heterocycles. The number of hydrogen-bond donors (Lipinski definition) is 8. The van der Waals surface area contributed by atoms with Crippen molar-refractivity contribution < 1.29 is 47.8 Å². The summed E-state index contributed by atoms with van der Waals surface area (Å²) in [5.41, 5.74) is 0.656. The van der Waals surface area contributed by atoms with E-state index >= 15 is 0 Å². The number of halogens is 2. The number of carbonyl (C=O) groups is 6. The average molecular weight is 731 g/mol. The topological polar surface area (TPSA) is 219 Å². The quantitative estimate of drug-likeness (QED) is 0.183. The molecule has 0 aliphatic carbocycles. The zero-order valence-corrected chi connectivity index (χ0v) is 29.0. The molecule has 0 spiro atoms. The largest absolute Gasteiger partial charge is 0.480 e. The number of aromatic amines is 1. The number of rotatable bonds is 6. The molecule has 0 saturated carbocycles. The van der Waals surface area contributed by atoms with Crippen LogP contribution in [0.5, 0.6) is 0 Å². The van der Waals surface area contributed by atoms with Crippen LogP contribution in [0.3, 0.4) is 0 Å². The number of hydrogen-bond acceptors (Lipinski definition) is 8. The predicted octanol–water partition coefficient (Wildman–Crippen LogP) is 1.36. The Balaban J connectivity index is 1.82. The molecule has 274 valence electrons. The molecule has 5 amide bonds. The van der Waals surface area contributed by atoms with Crippen LogP contribution in [-0.4, -0.2) is 92.8 Å². The molecule has 2 aromatic carbocycles. The summed E-state index contributed by atoms with van der Waals surface area (Å²) in [6.07, 6.45) is -1.58. The summed E-state index contributed by atoms with van der Waals surface area (Å²) in [5.74, 6) is -8.29. The van der Waals surface area contributed by atoms with Crippen molar-refractivity contribution in [2.24, 2.45) is 5.92 Å². The molecule has 1 aromatic heterocycles. The number of benzene rings is 2. The van der Waals surface area contributed by atoms with Gasteiger partial charge in [0.15, 0.2) is 0 Å². The fourth-order valence-corrected chi connectivity index (χ4v) is 6.59. The molecule has 0 fully saturated rings. The van der Waals surface area contributed by atoms with Crippen LogP contribution in [0.1, 0.15) is 50.0 Å². The normalized spacial score (nSPS) is 23.2. The van der Waals surface area contributed by atoms with Gasteiger partial charge in [-0.2, -0.15) is 0 Å². The Kier molecular flexibility index (Phi) is 12.8. The van der Waals surface area contributed by atoms with Crippen molar-refractivity contribution in [2.45, 2.75) is 81.9 Å². The Hall–Kier alpha value is -5.03. The molecule has 0 bridgehead atoms. The van der Waals surface area contributed by atoms with Gasteiger partial charge in [-0.15, -0.1) is 11.8 Å². The van der Waals surface area contributed by atoms with E-state index in [2.05, 4.69) is 31.6 Å². The van der Waals surface area contributed by atoms with E-state index in [1.54, 1.807) is 38.1 Å². The van der Waals surface area contributed by atoms with Crippen molar-refractivity contribution in [2.75, 3.05) is 5.75 Å². The van der Waals surface area contributed by atoms with Gasteiger partial charge in [0.25, 0.3) is 5.91 Å². The van der Waals surface area contributed by atoms with Gasteiger partial charge in [-0.1, -0.05) is 32.0 Å². The van der Waals surface area contributed by atoms with Gasteiger partial charge in [0.05, 0.1) is 11.1 Å². The first-order valence-electron chi connectivity index (χ1n) is 16.2. The number of aromatic nitrogens is 1. The molecule has 51 heavy (non-hydrogen) atoms. The third-order valence-corrected chi connectivity index (χ3v) is 9.23.